The van der Waals surface area contributed by atoms with E-state index < -0.39 is 0 Å². The van der Waals surface area contributed by atoms with Crippen LogP contribution in [0.25, 0.3) is 0 Å². The van der Waals surface area contributed by atoms with Gasteiger partial charge in [-0.25, -0.2) is 0 Å². The van der Waals surface area contributed by atoms with Crippen molar-refractivity contribution >= 4 is 0 Å². The third kappa shape index (κ3) is 1.76. The van der Waals surface area contributed by atoms with Gasteiger partial charge in [0, 0.05) is 5.92 Å². The molecule has 3 rings (SSSR count). The molecule has 0 spiro atoms. The first-order valence-electron chi connectivity index (χ1n) is 5.76. The van der Waals surface area contributed by atoms with Crippen LogP contribution in [0.3, 0.4) is 0 Å². The Kier molecular flexibility index (Phi) is 2.48. The molecule has 1 aliphatic carbocycles. The molecule has 1 aromatic carbocycles. The van der Waals surface area contributed by atoms with Crippen LogP contribution in [-0.4, -0.2) is 18.0 Å². The van der Waals surface area contributed by atoms with E-state index in [9.17, 15) is 5.11 Å². The van der Waals surface area contributed by atoms with Crippen LogP contribution in [0.5, 0.6) is 11.5 Å². The molecule has 1 N–H and O–H groups in total. The molecule has 85 valence electrons. The van der Waals surface area contributed by atoms with Gasteiger partial charge in [-0.15, -0.1) is 0 Å². The van der Waals surface area contributed by atoms with Gasteiger partial charge in [-0.05, 0) is 43.4 Å². The first-order valence-corrected chi connectivity index (χ1v) is 5.76. The summed E-state index contributed by atoms with van der Waals surface area (Å²) in [4.78, 5) is 0. The first-order chi connectivity index (χ1) is 7.83. The van der Waals surface area contributed by atoms with Crippen molar-refractivity contribution in [3.8, 4) is 11.5 Å². The van der Waals surface area contributed by atoms with Crippen LogP contribution in [0.4, 0.5) is 0 Å². The lowest BCUT2D eigenvalue weighted by Gasteiger charge is -2.25. The van der Waals surface area contributed by atoms with Gasteiger partial charge in [0.05, 0.1) is 6.10 Å². The number of hydrogen-bond acceptors (Lipinski definition) is 3. The van der Waals surface area contributed by atoms with Crippen molar-refractivity contribution in [3.63, 3.8) is 0 Å². The lowest BCUT2D eigenvalue weighted by Crippen LogP contribution is -2.17. The van der Waals surface area contributed by atoms with Gasteiger partial charge in [-0.3, -0.25) is 0 Å². The van der Waals surface area contributed by atoms with E-state index in [0.717, 1.165) is 37.2 Å². The van der Waals surface area contributed by atoms with Crippen LogP contribution in [0.2, 0.25) is 0 Å². The summed E-state index contributed by atoms with van der Waals surface area (Å²) in [7, 11) is 0. The molecule has 1 aromatic rings. The number of fused-ring (bicyclic) bond motifs is 1. The standard InChI is InChI=1S/C13H15O3/c14-11-4-1-9(2-5-11)10-3-6-12-13(7-10)16-8-15-12/h3,6-7,11,14H,1-2,4-5,8H2. The SMILES string of the molecule is OC1CC[C](c2ccc3c(c2)OCO3)CC1. The van der Waals surface area contributed by atoms with Crippen molar-refractivity contribution in [2.24, 2.45) is 0 Å². The molecule has 0 amide bonds. The minimum absolute atomic E-state index is 0.113. The molecule has 16 heavy (non-hydrogen) atoms. The van der Waals surface area contributed by atoms with Crippen LogP contribution in [0.15, 0.2) is 18.2 Å². The van der Waals surface area contributed by atoms with Gasteiger partial charge < -0.3 is 14.6 Å². The van der Waals surface area contributed by atoms with E-state index in [4.69, 9.17) is 9.47 Å². The molecule has 1 heterocycles. The van der Waals surface area contributed by atoms with Crippen LogP contribution < -0.4 is 9.47 Å². The molecule has 0 atom stereocenters. The second-order valence-corrected chi connectivity index (χ2v) is 4.40. The van der Waals surface area contributed by atoms with Gasteiger partial charge in [0.25, 0.3) is 0 Å². The summed E-state index contributed by atoms with van der Waals surface area (Å²) in [6.45, 7) is 0.326. The maximum absolute atomic E-state index is 9.47. The molecule has 0 saturated heterocycles. The van der Waals surface area contributed by atoms with Gasteiger partial charge in [-0.1, -0.05) is 6.07 Å². The second kappa shape index (κ2) is 3.98. The maximum atomic E-state index is 9.47. The predicted molar refractivity (Wildman–Crippen MR) is 59.4 cm³/mol. The highest BCUT2D eigenvalue weighted by Crippen LogP contribution is 2.38. The Bertz CT molecular complexity index is 381. The van der Waals surface area contributed by atoms with Crippen molar-refractivity contribution in [3.05, 3.63) is 29.7 Å². The average molecular weight is 219 g/mol. The lowest BCUT2D eigenvalue weighted by molar-refractivity contribution is 0.138. The number of aliphatic hydroxyl groups is 1. The fourth-order valence-electron chi connectivity index (χ4n) is 2.36. The molecule has 1 saturated carbocycles. The summed E-state index contributed by atoms with van der Waals surface area (Å²) in [6.07, 6.45) is 3.62. The van der Waals surface area contributed by atoms with Crippen LogP contribution in [0.1, 0.15) is 31.2 Å². The van der Waals surface area contributed by atoms with Crippen molar-refractivity contribution in [1.82, 2.24) is 0 Å². The Balaban J connectivity index is 1.79. The molecule has 3 nitrogen and oxygen atoms in total. The number of benzene rings is 1. The summed E-state index contributed by atoms with van der Waals surface area (Å²) < 4.78 is 10.7. The summed E-state index contributed by atoms with van der Waals surface area (Å²) in [5.74, 6) is 3.10. The molecule has 1 radical (unpaired) electrons. The zero-order valence-electron chi connectivity index (χ0n) is 9.11. The van der Waals surface area contributed by atoms with Crippen molar-refractivity contribution < 1.29 is 14.6 Å². The molecule has 1 fully saturated rings. The van der Waals surface area contributed by atoms with Crippen molar-refractivity contribution in [2.45, 2.75) is 31.8 Å². The van der Waals surface area contributed by atoms with E-state index in [2.05, 4.69) is 12.1 Å². The molecule has 2 aliphatic rings. The predicted octanol–water partition coefficient (Wildman–Crippen LogP) is 2.27. The number of aliphatic hydroxyl groups excluding tert-OH is 1. The Morgan fingerprint density at radius 2 is 1.81 bits per heavy atom. The first kappa shape index (κ1) is 9.97. The Hall–Kier alpha value is -1.22. The highest BCUT2D eigenvalue weighted by molar-refractivity contribution is 5.48. The molecule has 1 aliphatic heterocycles. The van der Waals surface area contributed by atoms with Gasteiger partial charge in [0.2, 0.25) is 6.79 Å². The van der Waals surface area contributed by atoms with Crippen molar-refractivity contribution in [1.29, 1.82) is 0 Å². The van der Waals surface area contributed by atoms with E-state index in [-0.39, 0.29) is 6.10 Å². The third-order valence-corrected chi connectivity index (χ3v) is 3.34. The summed E-state index contributed by atoms with van der Waals surface area (Å²) >= 11 is 0. The van der Waals surface area contributed by atoms with E-state index in [1.54, 1.807) is 0 Å². The Labute approximate surface area is 95.0 Å². The second-order valence-electron chi connectivity index (χ2n) is 4.40. The zero-order chi connectivity index (χ0) is 11.0. The third-order valence-electron chi connectivity index (χ3n) is 3.34. The average Bonchev–Trinajstić information content (AvgIpc) is 2.77. The summed E-state index contributed by atoms with van der Waals surface area (Å²) in [5, 5.41) is 9.47. The quantitative estimate of drug-likeness (QED) is 0.787. The van der Waals surface area contributed by atoms with Crippen LogP contribution in [-0.2, 0) is 0 Å². The summed E-state index contributed by atoms with van der Waals surface area (Å²) in [6, 6.07) is 6.10. The monoisotopic (exact) mass is 219 g/mol. The number of hydrogen-bond donors (Lipinski definition) is 1. The van der Waals surface area contributed by atoms with Gasteiger partial charge in [0.15, 0.2) is 11.5 Å². The van der Waals surface area contributed by atoms with Gasteiger partial charge in [0.1, 0.15) is 0 Å². The Morgan fingerprint density at radius 3 is 2.62 bits per heavy atom. The fourth-order valence-corrected chi connectivity index (χ4v) is 2.36. The highest BCUT2D eigenvalue weighted by atomic mass is 16.7. The molecule has 0 aromatic heterocycles. The fraction of sp³-hybridized carbons (Fsp3) is 0.462. The van der Waals surface area contributed by atoms with E-state index in [1.807, 2.05) is 6.07 Å². The van der Waals surface area contributed by atoms with Crippen molar-refractivity contribution in [2.75, 3.05) is 6.79 Å². The summed E-state index contributed by atoms with van der Waals surface area (Å²) in [5.41, 5.74) is 1.23. The van der Waals surface area contributed by atoms with Crippen LogP contribution >= 0.6 is 0 Å². The topological polar surface area (TPSA) is 38.7 Å². The normalized spacial score (nSPS) is 21.3. The van der Waals surface area contributed by atoms with Gasteiger partial charge in [-0.2, -0.15) is 0 Å². The largest absolute Gasteiger partial charge is 0.454 e. The van der Waals surface area contributed by atoms with Gasteiger partial charge >= 0.3 is 0 Å². The van der Waals surface area contributed by atoms with Crippen LogP contribution in [0, 0.1) is 5.92 Å². The molecule has 3 heteroatoms. The Morgan fingerprint density at radius 1 is 1.06 bits per heavy atom. The lowest BCUT2D eigenvalue weighted by atomic mass is 9.83. The molecule has 0 bridgehead atoms. The molecular weight excluding hydrogens is 204 g/mol. The maximum Gasteiger partial charge on any atom is 0.231 e. The number of ether oxygens (including phenoxy) is 2. The number of rotatable bonds is 1. The zero-order valence-corrected chi connectivity index (χ0v) is 9.11. The smallest absolute Gasteiger partial charge is 0.231 e. The minimum atomic E-state index is -0.113. The highest BCUT2D eigenvalue weighted by Gasteiger charge is 2.23. The minimum Gasteiger partial charge on any atom is -0.454 e. The van der Waals surface area contributed by atoms with E-state index >= 15 is 0 Å². The van der Waals surface area contributed by atoms with E-state index in [1.165, 1.54) is 11.5 Å². The molecular formula is C13H15O3. The van der Waals surface area contributed by atoms with E-state index in [0.29, 0.717) is 6.79 Å². The molecule has 0 unspecified atom stereocenters.